The Morgan fingerprint density at radius 1 is 0.933 bits per heavy atom. The highest BCUT2D eigenvalue weighted by Crippen LogP contribution is 2.17. The van der Waals surface area contributed by atoms with Crippen LogP contribution in [0.2, 0.25) is 0 Å². The summed E-state index contributed by atoms with van der Waals surface area (Å²) in [5.74, 6) is 0.769. The minimum atomic E-state index is -0.0967. The molecule has 1 aliphatic heterocycles. The zero-order valence-corrected chi connectivity index (χ0v) is 17.9. The third-order valence-corrected chi connectivity index (χ3v) is 5.49. The molecule has 2 amide bonds. The fourth-order valence-electron chi connectivity index (χ4n) is 3.47. The molecule has 0 spiro atoms. The number of anilines is 1. The lowest BCUT2D eigenvalue weighted by atomic mass is 10.1. The van der Waals surface area contributed by atoms with Crippen molar-refractivity contribution in [3.8, 4) is 5.75 Å². The maximum absolute atomic E-state index is 12.4. The van der Waals surface area contributed by atoms with Crippen molar-refractivity contribution in [2.75, 3.05) is 44.2 Å². The molecule has 1 N–H and O–H groups in total. The number of nitrogens with one attached hydrogen (secondary N) is 1. The van der Waals surface area contributed by atoms with Gasteiger partial charge in [0.05, 0.1) is 13.0 Å². The molecule has 160 valence electrons. The van der Waals surface area contributed by atoms with E-state index in [1.807, 2.05) is 48.2 Å². The quantitative estimate of drug-likeness (QED) is 0.728. The van der Waals surface area contributed by atoms with Crippen LogP contribution in [0.1, 0.15) is 24.0 Å². The van der Waals surface area contributed by atoms with Crippen molar-refractivity contribution in [3.05, 3.63) is 59.7 Å². The van der Waals surface area contributed by atoms with E-state index in [0.717, 1.165) is 18.8 Å². The molecule has 6 heteroatoms. The van der Waals surface area contributed by atoms with Crippen molar-refractivity contribution in [3.63, 3.8) is 0 Å². The molecule has 0 atom stereocenters. The van der Waals surface area contributed by atoms with Crippen LogP contribution >= 0.6 is 0 Å². The van der Waals surface area contributed by atoms with Crippen LogP contribution in [-0.4, -0.2) is 56.0 Å². The summed E-state index contributed by atoms with van der Waals surface area (Å²) in [5, 5.41) is 2.82. The molecule has 30 heavy (non-hydrogen) atoms. The number of benzene rings is 2. The number of aryl methyl sites for hydroxylation is 2. The Balaban J connectivity index is 1.29. The van der Waals surface area contributed by atoms with E-state index in [0.29, 0.717) is 32.7 Å². The van der Waals surface area contributed by atoms with Gasteiger partial charge in [0.1, 0.15) is 5.75 Å². The van der Waals surface area contributed by atoms with E-state index in [1.165, 1.54) is 16.8 Å². The molecule has 3 rings (SSSR count). The van der Waals surface area contributed by atoms with Gasteiger partial charge in [-0.3, -0.25) is 9.59 Å². The molecular formula is C24H31N3O3. The van der Waals surface area contributed by atoms with Crippen LogP contribution in [0.25, 0.3) is 0 Å². The van der Waals surface area contributed by atoms with Crippen LogP contribution in [-0.2, 0) is 9.59 Å². The Kier molecular flexibility index (Phi) is 7.71. The molecule has 1 saturated heterocycles. The predicted molar refractivity (Wildman–Crippen MR) is 119 cm³/mol. The normalized spacial score (nSPS) is 13.8. The Morgan fingerprint density at radius 2 is 1.67 bits per heavy atom. The smallest absolute Gasteiger partial charge is 0.224 e. The summed E-state index contributed by atoms with van der Waals surface area (Å²) in [6, 6.07) is 16.2. The summed E-state index contributed by atoms with van der Waals surface area (Å²) in [6.45, 7) is 7.86. The maximum Gasteiger partial charge on any atom is 0.224 e. The SMILES string of the molecule is Cc1ccc(OCCC(=O)NCCC(=O)N2CCN(c3ccccc3)CC2)cc1C. The van der Waals surface area contributed by atoms with Crippen LogP contribution in [0.15, 0.2) is 48.5 Å². The Bertz CT molecular complexity index is 846. The topological polar surface area (TPSA) is 61.9 Å². The van der Waals surface area contributed by atoms with Gasteiger partial charge in [0.25, 0.3) is 0 Å². The predicted octanol–water partition coefficient (Wildman–Crippen LogP) is 2.93. The van der Waals surface area contributed by atoms with Crippen LogP contribution in [0.5, 0.6) is 5.75 Å². The number of ether oxygens (including phenoxy) is 1. The van der Waals surface area contributed by atoms with Gasteiger partial charge >= 0.3 is 0 Å². The summed E-state index contributed by atoms with van der Waals surface area (Å²) >= 11 is 0. The number of carbonyl (C=O) groups excluding carboxylic acids is 2. The average Bonchev–Trinajstić information content (AvgIpc) is 2.77. The summed E-state index contributed by atoms with van der Waals surface area (Å²) in [4.78, 5) is 28.6. The number of amides is 2. The van der Waals surface area contributed by atoms with Crippen LogP contribution in [0, 0.1) is 13.8 Å². The minimum absolute atomic E-state index is 0.0920. The van der Waals surface area contributed by atoms with E-state index in [9.17, 15) is 9.59 Å². The molecule has 0 bridgehead atoms. The molecule has 0 unspecified atom stereocenters. The lowest BCUT2D eigenvalue weighted by molar-refractivity contribution is -0.131. The molecule has 0 aliphatic carbocycles. The van der Waals surface area contributed by atoms with Crippen LogP contribution in [0.3, 0.4) is 0 Å². The van der Waals surface area contributed by atoms with Gasteiger partial charge in [-0.15, -0.1) is 0 Å². The first-order valence-electron chi connectivity index (χ1n) is 10.6. The number of nitrogens with zero attached hydrogens (tertiary/aromatic N) is 2. The van der Waals surface area contributed by atoms with Gasteiger partial charge in [0, 0.05) is 44.8 Å². The Morgan fingerprint density at radius 3 is 2.37 bits per heavy atom. The average molecular weight is 410 g/mol. The highest BCUT2D eigenvalue weighted by atomic mass is 16.5. The fraction of sp³-hybridized carbons (Fsp3) is 0.417. The van der Waals surface area contributed by atoms with E-state index in [-0.39, 0.29) is 18.2 Å². The fourth-order valence-corrected chi connectivity index (χ4v) is 3.47. The molecule has 0 saturated carbocycles. The van der Waals surface area contributed by atoms with Gasteiger partial charge in [0.2, 0.25) is 11.8 Å². The molecule has 1 aliphatic rings. The third-order valence-electron chi connectivity index (χ3n) is 5.49. The van der Waals surface area contributed by atoms with E-state index >= 15 is 0 Å². The molecule has 2 aromatic carbocycles. The summed E-state index contributed by atoms with van der Waals surface area (Å²) < 4.78 is 5.64. The summed E-state index contributed by atoms with van der Waals surface area (Å²) in [6.07, 6.45) is 0.603. The van der Waals surface area contributed by atoms with Crippen LogP contribution < -0.4 is 15.0 Å². The minimum Gasteiger partial charge on any atom is -0.493 e. The van der Waals surface area contributed by atoms with E-state index in [2.05, 4.69) is 29.3 Å². The molecule has 1 fully saturated rings. The van der Waals surface area contributed by atoms with E-state index in [4.69, 9.17) is 4.74 Å². The van der Waals surface area contributed by atoms with Crippen molar-refractivity contribution in [2.45, 2.75) is 26.7 Å². The van der Waals surface area contributed by atoms with Gasteiger partial charge < -0.3 is 19.9 Å². The highest BCUT2D eigenvalue weighted by Gasteiger charge is 2.20. The molecule has 0 radical (unpaired) electrons. The van der Waals surface area contributed by atoms with Crippen LogP contribution in [0.4, 0.5) is 5.69 Å². The van der Waals surface area contributed by atoms with Crippen molar-refractivity contribution >= 4 is 17.5 Å². The monoisotopic (exact) mass is 409 g/mol. The molecule has 1 heterocycles. The van der Waals surface area contributed by atoms with Gasteiger partial charge in [-0.05, 0) is 49.2 Å². The van der Waals surface area contributed by atoms with Gasteiger partial charge in [-0.2, -0.15) is 0 Å². The number of hydrogen-bond donors (Lipinski definition) is 1. The number of carbonyl (C=O) groups is 2. The first-order chi connectivity index (χ1) is 14.5. The molecule has 0 aromatic heterocycles. The first-order valence-corrected chi connectivity index (χ1v) is 10.6. The highest BCUT2D eigenvalue weighted by molar-refractivity contribution is 5.79. The standard InChI is InChI=1S/C24H31N3O3/c1-19-8-9-22(18-20(19)2)30-17-11-23(28)25-12-10-24(29)27-15-13-26(14-16-27)21-6-4-3-5-7-21/h3-9,18H,10-17H2,1-2H3,(H,25,28). The zero-order chi connectivity index (χ0) is 21.3. The molecular weight excluding hydrogens is 378 g/mol. The number of hydrogen-bond acceptors (Lipinski definition) is 4. The summed E-state index contributed by atoms with van der Waals surface area (Å²) in [7, 11) is 0. The number of rotatable bonds is 8. The summed E-state index contributed by atoms with van der Waals surface area (Å²) in [5.41, 5.74) is 3.58. The number of para-hydroxylation sites is 1. The van der Waals surface area contributed by atoms with Crippen molar-refractivity contribution in [2.24, 2.45) is 0 Å². The number of piperazine rings is 1. The van der Waals surface area contributed by atoms with Crippen molar-refractivity contribution in [1.82, 2.24) is 10.2 Å². The van der Waals surface area contributed by atoms with Gasteiger partial charge in [-0.1, -0.05) is 24.3 Å². The lowest BCUT2D eigenvalue weighted by Gasteiger charge is -2.36. The van der Waals surface area contributed by atoms with Crippen molar-refractivity contribution < 1.29 is 14.3 Å². The van der Waals surface area contributed by atoms with Gasteiger partial charge in [0.15, 0.2) is 0 Å². The second-order valence-corrected chi connectivity index (χ2v) is 7.65. The first kappa shape index (κ1) is 21.7. The maximum atomic E-state index is 12.4. The molecule has 2 aromatic rings. The second-order valence-electron chi connectivity index (χ2n) is 7.65. The second kappa shape index (κ2) is 10.7. The van der Waals surface area contributed by atoms with E-state index in [1.54, 1.807) is 0 Å². The van der Waals surface area contributed by atoms with E-state index < -0.39 is 0 Å². The largest absolute Gasteiger partial charge is 0.493 e. The third kappa shape index (κ3) is 6.24. The Hall–Kier alpha value is -3.02. The van der Waals surface area contributed by atoms with Crippen molar-refractivity contribution in [1.29, 1.82) is 0 Å². The lowest BCUT2D eigenvalue weighted by Crippen LogP contribution is -2.49. The zero-order valence-electron chi connectivity index (χ0n) is 17.9. The Labute approximate surface area is 178 Å². The molecule has 6 nitrogen and oxygen atoms in total. The van der Waals surface area contributed by atoms with Gasteiger partial charge in [-0.25, -0.2) is 0 Å².